The molecule has 0 amide bonds. The average molecular weight is 490 g/mol. The van der Waals surface area contributed by atoms with Gasteiger partial charge in [-0.15, -0.1) is 11.3 Å². The standard InChI is InChI=1S/C27H23NO4S2/c1-17(2)23(16-29)28-34(30,31)20-9-11-24-22(15-20)21-10-8-19(14-25(21)32-24)27-13-12-26(33-27)18-6-4-3-5-7-18/h3-17,23,28H,1-2H3/t23-/m0/s1. The zero-order valence-corrected chi connectivity index (χ0v) is 20.3. The third-order valence-corrected chi connectivity index (χ3v) is 8.50. The first-order valence-corrected chi connectivity index (χ1v) is 13.3. The van der Waals surface area contributed by atoms with Crippen molar-refractivity contribution in [3.8, 4) is 20.9 Å². The molecule has 34 heavy (non-hydrogen) atoms. The molecule has 5 nitrogen and oxygen atoms in total. The highest BCUT2D eigenvalue weighted by atomic mass is 32.2. The van der Waals surface area contributed by atoms with Gasteiger partial charge in [0.05, 0.1) is 10.9 Å². The van der Waals surface area contributed by atoms with E-state index < -0.39 is 16.1 Å². The summed E-state index contributed by atoms with van der Waals surface area (Å²) < 4.78 is 34.3. The molecule has 0 saturated heterocycles. The van der Waals surface area contributed by atoms with E-state index in [-0.39, 0.29) is 10.8 Å². The zero-order valence-electron chi connectivity index (χ0n) is 18.7. The number of hydrogen-bond acceptors (Lipinski definition) is 5. The number of carbonyl (C=O) groups excluding carboxylic acids is 1. The number of sulfonamides is 1. The van der Waals surface area contributed by atoms with E-state index in [2.05, 4.69) is 29.0 Å². The summed E-state index contributed by atoms with van der Waals surface area (Å²) in [6.45, 7) is 3.59. The fourth-order valence-corrected chi connectivity index (χ4v) is 6.25. The summed E-state index contributed by atoms with van der Waals surface area (Å²) in [6, 6.07) is 24.4. The first-order valence-electron chi connectivity index (χ1n) is 11.0. The topological polar surface area (TPSA) is 76.4 Å². The van der Waals surface area contributed by atoms with Crippen LogP contribution >= 0.6 is 11.3 Å². The fraction of sp³-hybridized carbons (Fsp3) is 0.148. The molecule has 0 aliphatic carbocycles. The van der Waals surface area contributed by atoms with Crippen molar-refractivity contribution in [3.63, 3.8) is 0 Å². The number of nitrogens with one attached hydrogen (secondary N) is 1. The van der Waals surface area contributed by atoms with E-state index in [1.54, 1.807) is 37.3 Å². The Hall–Kier alpha value is -3.26. The lowest BCUT2D eigenvalue weighted by Crippen LogP contribution is -2.39. The van der Waals surface area contributed by atoms with Gasteiger partial charge in [-0.25, -0.2) is 13.1 Å². The van der Waals surface area contributed by atoms with Crippen LogP contribution in [0.1, 0.15) is 13.8 Å². The van der Waals surface area contributed by atoms with E-state index in [1.807, 2.05) is 36.4 Å². The quantitative estimate of drug-likeness (QED) is 0.265. The first-order chi connectivity index (χ1) is 16.4. The summed E-state index contributed by atoms with van der Waals surface area (Å²) in [5.74, 6) is -0.149. The van der Waals surface area contributed by atoms with Crippen molar-refractivity contribution < 1.29 is 17.6 Å². The smallest absolute Gasteiger partial charge is 0.241 e. The molecule has 1 N–H and O–H groups in total. The van der Waals surface area contributed by atoms with Crippen LogP contribution in [0.15, 0.2) is 88.2 Å². The zero-order chi connectivity index (χ0) is 23.9. The molecule has 5 rings (SSSR count). The third-order valence-electron chi connectivity index (χ3n) is 5.86. The van der Waals surface area contributed by atoms with Gasteiger partial charge in [-0.3, -0.25) is 0 Å². The maximum atomic E-state index is 12.9. The first kappa shape index (κ1) is 22.5. The molecule has 172 valence electrons. The van der Waals surface area contributed by atoms with Crippen molar-refractivity contribution >= 4 is 49.6 Å². The molecule has 0 spiro atoms. The van der Waals surface area contributed by atoms with Gasteiger partial charge in [0.15, 0.2) is 0 Å². The van der Waals surface area contributed by atoms with Gasteiger partial charge in [0, 0.05) is 20.5 Å². The normalized spacial score (nSPS) is 13.0. The second-order valence-corrected chi connectivity index (χ2v) is 11.3. The SMILES string of the molecule is CC(C)[C@H](C=O)NS(=O)(=O)c1ccc2oc3cc(-c4ccc(-c5ccccc5)s4)ccc3c2c1. The van der Waals surface area contributed by atoms with Crippen LogP contribution in [0.4, 0.5) is 0 Å². The number of hydrogen-bond donors (Lipinski definition) is 1. The van der Waals surface area contributed by atoms with E-state index in [1.165, 1.54) is 16.5 Å². The molecule has 0 saturated carbocycles. The summed E-state index contributed by atoms with van der Waals surface area (Å²) in [4.78, 5) is 13.7. The van der Waals surface area contributed by atoms with Crippen molar-refractivity contribution in [2.75, 3.05) is 0 Å². The molecule has 2 aromatic heterocycles. The van der Waals surface area contributed by atoms with Crippen LogP contribution in [-0.4, -0.2) is 20.7 Å². The Morgan fingerprint density at radius 3 is 2.26 bits per heavy atom. The number of rotatable bonds is 7. The molecular weight excluding hydrogens is 466 g/mol. The predicted octanol–water partition coefficient (Wildman–Crippen LogP) is 6.48. The van der Waals surface area contributed by atoms with Crippen LogP contribution in [0, 0.1) is 5.92 Å². The van der Waals surface area contributed by atoms with Crippen LogP contribution in [0.5, 0.6) is 0 Å². The summed E-state index contributed by atoms with van der Waals surface area (Å²) >= 11 is 1.71. The lowest BCUT2D eigenvalue weighted by atomic mass is 10.1. The van der Waals surface area contributed by atoms with Gasteiger partial charge >= 0.3 is 0 Å². The second-order valence-electron chi connectivity index (χ2n) is 8.53. The molecular formula is C27H23NO4S2. The second kappa shape index (κ2) is 8.83. The predicted molar refractivity (Wildman–Crippen MR) is 137 cm³/mol. The number of aldehydes is 1. The van der Waals surface area contributed by atoms with Crippen molar-refractivity contribution in [1.29, 1.82) is 0 Å². The van der Waals surface area contributed by atoms with Crippen molar-refractivity contribution in [2.45, 2.75) is 24.8 Å². The van der Waals surface area contributed by atoms with E-state index in [0.29, 0.717) is 22.8 Å². The van der Waals surface area contributed by atoms with Gasteiger partial charge in [0.2, 0.25) is 10.0 Å². The van der Waals surface area contributed by atoms with Gasteiger partial charge in [0.1, 0.15) is 17.5 Å². The monoisotopic (exact) mass is 489 g/mol. The highest BCUT2D eigenvalue weighted by Crippen LogP contribution is 2.38. The molecule has 7 heteroatoms. The van der Waals surface area contributed by atoms with Crippen LogP contribution in [0.2, 0.25) is 0 Å². The van der Waals surface area contributed by atoms with E-state index >= 15 is 0 Å². The summed E-state index contributed by atoms with van der Waals surface area (Å²) in [5.41, 5.74) is 3.52. The Morgan fingerprint density at radius 1 is 0.824 bits per heavy atom. The molecule has 0 radical (unpaired) electrons. The van der Waals surface area contributed by atoms with E-state index in [0.717, 1.165) is 15.8 Å². The Labute approximate surface area is 202 Å². The highest BCUT2D eigenvalue weighted by molar-refractivity contribution is 7.89. The number of carbonyl (C=O) groups is 1. The Balaban J connectivity index is 1.51. The average Bonchev–Trinajstić information content (AvgIpc) is 3.47. The molecule has 0 unspecified atom stereocenters. The number of thiophene rings is 1. The Kier molecular flexibility index (Phi) is 5.85. The summed E-state index contributed by atoms with van der Waals surface area (Å²) in [7, 11) is -3.85. The van der Waals surface area contributed by atoms with Gasteiger partial charge in [-0.2, -0.15) is 0 Å². The van der Waals surface area contributed by atoms with Crippen molar-refractivity contribution in [1.82, 2.24) is 4.72 Å². The molecule has 0 aliphatic rings. The molecule has 0 fully saturated rings. The van der Waals surface area contributed by atoms with E-state index in [4.69, 9.17) is 4.42 Å². The largest absolute Gasteiger partial charge is 0.456 e. The minimum atomic E-state index is -3.85. The van der Waals surface area contributed by atoms with Crippen molar-refractivity contribution in [3.05, 3.63) is 78.9 Å². The maximum absolute atomic E-state index is 12.9. The lowest BCUT2D eigenvalue weighted by molar-refractivity contribution is -0.110. The minimum Gasteiger partial charge on any atom is -0.456 e. The van der Waals surface area contributed by atoms with Gasteiger partial charge < -0.3 is 9.21 Å². The summed E-state index contributed by atoms with van der Waals surface area (Å²) in [5, 5.41) is 1.55. The van der Waals surface area contributed by atoms with Gasteiger partial charge in [-0.05, 0) is 59.5 Å². The fourth-order valence-electron chi connectivity index (χ4n) is 3.90. The van der Waals surface area contributed by atoms with Crippen LogP contribution in [0.25, 0.3) is 42.8 Å². The lowest BCUT2D eigenvalue weighted by Gasteiger charge is -2.16. The Morgan fingerprint density at radius 2 is 1.56 bits per heavy atom. The minimum absolute atomic E-state index is 0.102. The maximum Gasteiger partial charge on any atom is 0.241 e. The van der Waals surface area contributed by atoms with Crippen LogP contribution in [0.3, 0.4) is 0 Å². The van der Waals surface area contributed by atoms with Gasteiger partial charge in [0.25, 0.3) is 0 Å². The van der Waals surface area contributed by atoms with Crippen molar-refractivity contribution in [2.24, 2.45) is 5.92 Å². The molecule has 3 aromatic carbocycles. The molecule has 5 aromatic rings. The Bertz CT molecular complexity index is 1600. The molecule has 2 heterocycles. The molecule has 1 atom stereocenters. The highest BCUT2D eigenvalue weighted by Gasteiger charge is 2.23. The van der Waals surface area contributed by atoms with E-state index in [9.17, 15) is 13.2 Å². The van der Waals surface area contributed by atoms with Crippen LogP contribution in [-0.2, 0) is 14.8 Å². The van der Waals surface area contributed by atoms with Gasteiger partial charge in [-0.1, -0.05) is 50.2 Å². The number of furan rings is 1. The number of benzene rings is 3. The third kappa shape index (κ3) is 4.18. The number of fused-ring (bicyclic) bond motifs is 3. The summed E-state index contributed by atoms with van der Waals surface area (Å²) in [6.07, 6.45) is 0.628. The molecule has 0 aliphatic heterocycles. The molecule has 0 bridgehead atoms. The van der Waals surface area contributed by atoms with Crippen LogP contribution < -0.4 is 4.72 Å².